The van der Waals surface area contributed by atoms with Crippen LogP contribution in [-0.2, 0) is 29.0 Å². The molecule has 0 saturated heterocycles. The van der Waals surface area contributed by atoms with Crippen molar-refractivity contribution in [2.24, 2.45) is 11.1 Å². The minimum atomic E-state index is -1.10. The third kappa shape index (κ3) is 4.06. The van der Waals surface area contributed by atoms with Crippen LogP contribution in [0.25, 0.3) is 0 Å². The van der Waals surface area contributed by atoms with Crippen molar-refractivity contribution < 1.29 is 14.3 Å². The van der Waals surface area contributed by atoms with Crippen molar-refractivity contribution in [3.05, 3.63) is 65.2 Å². The molecular formula is C24H28N2O3. The molecular weight excluding hydrogens is 364 g/mol. The molecule has 2 aliphatic carbocycles. The second kappa shape index (κ2) is 7.99. The van der Waals surface area contributed by atoms with E-state index < -0.39 is 17.3 Å². The molecule has 0 heterocycles. The Morgan fingerprint density at radius 1 is 1.10 bits per heavy atom. The highest BCUT2D eigenvalue weighted by molar-refractivity contribution is 6.05. The molecule has 1 atom stereocenters. The van der Waals surface area contributed by atoms with Crippen molar-refractivity contribution in [3.63, 3.8) is 0 Å². The second-order valence-corrected chi connectivity index (χ2v) is 8.28. The van der Waals surface area contributed by atoms with Crippen molar-refractivity contribution in [2.45, 2.75) is 51.6 Å². The van der Waals surface area contributed by atoms with Crippen molar-refractivity contribution in [1.29, 1.82) is 0 Å². The quantitative estimate of drug-likeness (QED) is 0.425. The lowest BCUT2D eigenvalue weighted by Gasteiger charge is -2.28. The van der Waals surface area contributed by atoms with E-state index in [4.69, 9.17) is 10.5 Å². The summed E-state index contributed by atoms with van der Waals surface area (Å²) < 4.78 is 5.51. The largest absolute Gasteiger partial charge is 0.426 e. The van der Waals surface area contributed by atoms with Crippen molar-refractivity contribution in [3.8, 4) is 5.75 Å². The molecule has 2 N–H and O–H groups in total. The van der Waals surface area contributed by atoms with Crippen LogP contribution in [-0.4, -0.2) is 29.4 Å². The molecule has 29 heavy (non-hydrogen) atoms. The number of nitrogens with zero attached hydrogens (tertiary/aromatic N) is 1. The Morgan fingerprint density at radius 2 is 1.83 bits per heavy atom. The average Bonchev–Trinajstić information content (AvgIpc) is 3.43. The highest BCUT2D eigenvalue weighted by atomic mass is 16.5. The van der Waals surface area contributed by atoms with Gasteiger partial charge in [-0.1, -0.05) is 43.3 Å². The van der Waals surface area contributed by atoms with E-state index in [1.165, 1.54) is 16.7 Å². The molecule has 1 fully saturated rings. The minimum Gasteiger partial charge on any atom is -0.426 e. The van der Waals surface area contributed by atoms with Crippen molar-refractivity contribution in [1.82, 2.24) is 4.90 Å². The fourth-order valence-electron chi connectivity index (χ4n) is 4.27. The van der Waals surface area contributed by atoms with Gasteiger partial charge in [0.15, 0.2) is 0 Å². The summed E-state index contributed by atoms with van der Waals surface area (Å²) in [5, 5.41) is 0. The molecule has 2 aromatic carbocycles. The van der Waals surface area contributed by atoms with Gasteiger partial charge in [-0.25, -0.2) is 0 Å². The summed E-state index contributed by atoms with van der Waals surface area (Å²) in [4.78, 5) is 26.5. The van der Waals surface area contributed by atoms with E-state index in [9.17, 15) is 9.59 Å². The van der Waals surface area contributed by atoms with Gasteiger partial charge in [-0.2, -0.15) is 0 Å². The number of carbonyl (C=O) groups is 2. The van der Waals surface area contributed by atoms with Crippen LogP contribution in [0, 0.1) is 5.41 Å². The van der Waals surface area contributed by atoms with Gasteiger partial charge in [0, 0.05) is 12.6 Å². The van der Waals surface area contributed by atoms with Gasteiger partial charge in [0.25, 0.3) is 0 Å². The first kappa shape index (κ1) is 19.6. The van der Waals surface area contributed by atoms with E-state index in [1.807, 2.05) is 18.2 Å². The lowest BCUT2D eigenvalue weighted by molar-refractivity contribution is -0.145. The van der Waals surface area contributed by atoms with Gasteiger partial charge >= 0.3 is 5.97 Å². The molecule has 2 aliphatic rings. The zero-order valence-electron chi connectivity index (χ0n) is 16.9. The molecule has 0 aliphatic heterocycles. The molecule has 1 amide bonds. The monoisotopic (exact) mass is 392 g/mol. The van der Waals surface area contributed by atoms with Gasteiger partial charge in [-0.15, -0.1) is 0 Å². The first-order chi connectivity index (χ1) is 14.0. The van der Waals surface area contributed by atoms with Crippen molar-refractivity contribution >= 4 is 11.9 Å². The number of primary amides is 1. The number of esters is 1. The van der Waals surface area contributed by atoms with Crippen LogP contribution < -0.4 is 10.5 Å². The number of carbonyl (C=O) groups excluding carboxylic acids is 2. The Labute approximate surface area is 171 Å². The molecule has 0 spiro atoms. The van der Waals surface area contributed by atoms with E-state index in [0.717, 1.165) is 32.4 Å². The highest BCUT2D eigenvalue weighted by Gasteiger charge is 2.57. The second-order valence-electron chi connectivity index (χ2n) is 8.28. The van der Waals surface area contributed by atoms with E-state index in [1.54, 1.807) is 0 Å². The molecule has 5 nitrogen and oxygen atoms in total. The third-order valence-corrected chi connectivity index (χ3v) is 6.17. The number of hydrogen-bond acceptors (Lipinski definition) is 4. The molecule has 0 aromatic heterocycles. The number of benzene rings is 2. The topological polar surface area (TPSA) is 72.6 Å². The summed E-state index contributed by atoms with van der Waals surface area (Å²) in [7, 11) is 0. The summed E-state index contributed by atoms with van der Waals surface area (Å²) in [6, 6.07) is 16.8. The van der Waals surface area contributed by atoms with Crippen LogP contribution in [0.2, 0.25) is 0 Å². The Morgan fingerprint density at radius 3 is 2.48 bits per heavy atom. The predicted molar refractivity (Wildman–Crippen MR) is 111 cm³/mol. The minimum absolute atomic E-state index is 0.441. The SMILES string of the molecule is CCCN(Cc1ccccc1)C1Cc2ccc(OC(=O)C3(C(N)=O)CC3)cc2C1. The lowest BCUT2D eigenvalue weighted by atomic mass is 10.1. The third-order valence-electron chi connectivity index (χ3n) is 6.17. The van der Waals surface area contributed by atoms with Gasteiger partial charge in [0.05, 0.1) is 0 Å². The Bertz CT molecular complexity index is 906. The molecule has 152 valence electrons. The first-order valence-electron chi connectivity index (χ1n) is 10.4. The summed E-state index contributed by atoms with van der Waals surface area (Å²) in [6.45, 7) is 4.21. The zero-order valence-corrected chi connectivity index (χ0v) is 16.9. The highest BCUT2D eigenvalue weighted by Crippen LogP contribution is 2.46. The summed E-state index contributed by atoms with van der Waals surface area (Å²) in [5.41, 5.74) is 8.13. The van der Waals surface area contributed by atoms with Gasteiger partial charge in [-0.05, 0) is 67.5 Å². The number of rotatable bonds is 8. The number of ether oxygens (including phenoxy) is 1. The molecule has 1 saturated carbocycles. The number of amides is 1. The summed E-state index contributed by atoms with van der Waals surface area (Å²) >= 11 is 0. The van der Waals surface area contributed by atoms with E-state index >= 15 is 0 Å². The van der Waals surface area contributed by atoms with Crippen LogP contribution in [0.5, 0.6) is 5.75 Å². The van der Waals surface area contributed by atoms with Crippen LogP contribution in [0.15, 0.2) is 48.5 Å². The molecule has 2 aromatic rings. The average molecular weight is 392 g/mol. The molecule has 1 unspecified atom stereocenters. The fraction of sp³-hybridized carbons (Fsp3) is 0.417. The van der Waals surface area contributed by atoms with Gasteiger partial charge in [0.1, 0.15) is 11.2 Å². The van der Waals surface area contributed by atoms with Gasteiger partial charge < -0.3 is 10.5 Å². The van der Waals surface area contributed by atoms with E-state index in [0.29, 0.717) is 24.6 Å². The summed E-state index contributed by atoms with van der Waals surface area (Å²) in [5.74, 6) is -0.594. The standard InChI is InChI=1S/C24H28N2O3/c1-2-12-26(16-17-6-4-3-5-7-17)20-13-18-8-9-21(15-19(18)14-20)29-23(28)24(10-11-24)22(25)27/h3-9,15,20H,2,10-14,16H2,1H3,(H2,25,27). The zero-order chi connectivity index (χ0) is 20.4. The maximum absolute atomic E-state index is 12.4. The first-order valence-corrected chi connectivity index (χ1v) is 10.4. The maximum Gasteiger partial charge on any atom is 0.327 e. The van der Waals surface area contributed by atoms with Crippen LogP contribution in [0.4, 0.5) is 0 Å². The molecule has 0 radical (unpaired) electrons. The van der Waals surface area contributed by atoms with E-state index in [-0.39, 0.29) is 0 Å². The Balaban J connectivity index is 1.44. The smallest absolute Gasteiger partial charge is 0.327 e. The van der Waals surface area contributed by atoms with Crippen molar-refractivity contribution in [2.75, 3.05) is 6.54 Å². The number of nitrogens with two attached hydrogens (primary N) is 1. The predicted octanol–water partition coefficient (Wildman–Crippen LogP) is 3.24. The molecule has 5 heteroatoms. The fourth-order valence-corrected chi connectivity index (χ4v) is 4.27. The Hall–Kier alpha value is -2.66. The lowest BCUT2D eigenvalue weighted by Crippen LogP contribution is -2.36. The Kier molecular flexibility index (Phi) is 5.41. The normalized spacial score (nSPS) is 19.0. The van der Waals surface area contributed by atoms with Crippen LogP contribution in [0.1, 0.15) is 42.9 Å². The van der Waals surface area contributed by atoms with E-state index in [2.05, 4.69) is 42.2 Å². The van der Waals surface area contributed by atoms with Gasteiger partial charge in [0.2, 0.25) is 5.91 Å². The van der Waals surface area contributed by atoms with Crippen LogP contribution in [0.3, 0.4) is 0 Å². The number of hydrogen-bond donors (Lipinski definition) is 1. The summed E-state index contributed by atoms with van der Waals surface area (Å²) in [6.07, 6.45) is 4.02. The van der Waals surface area contributed by atoms with Crippen LogP contribution >= 0.6 is 0 Å². The number of fused-ring (bicyclic) bond motifs is 1. The molecule has 0 bridgehead atoms. The maximum atomic E-state index is 12.4. The molecule has 4 rings (SSSR count). The van der Waals surface area contributed by atoms with Gasteiger partial charge in [-0.3, -0.25) is 14.5 Å².